The Morgan fingerprint density at radius 1 is 1.56 bits per heavy atom. The van der Waals surface area contributed by atoms with E-state index in [-0.39, 0.29) is 12.2 Å². The number of sulfonamides is 1. The van der Waals surface area contributed by atoms with Gasteiger partial charge in [0.15, 0.2) is 9.96 Å². The number of aryl methyl sites for hydroxylation is 1. The summed E-state index contributed by atoms with van der Waals surface area (Å²) >= 11 is 0.738. The van der Waals surface area contributed by atoms with E-state index in [1.54, 1.807) is 6.92 Å². The maximum absolute atomic E-state index is 11.4. The van der Waals surface area contributed by atoms with Gasteiger partial charge >= 0.3 is 5.97 Å². The Hall–Kier alpha value is -1.12. The predicted molar refractivity (Wildman–Crippen MR) is 58.1 cm³/mol. The lowest BCUT2D eigenvalue weighted by molar-refractivity contribution is 0.0523. The molecule has 0 saturated heterocycles. The van der Waals surface area contributed by atoms with Gasteiger partial charge in [0.25, 0.3) is 10.0 Å². The second kappa shape index (κ2) is 4.40. The third-order valence-electron chi connectivity index (χ3n) is 1.77. The highest BCUT2D eigenvalue weighted by Crippen LogP contribution is 2.37. The normalized spacial score (nSPS) is 11.4. The Balaban J connectivity index is 3.34. The van der Waals surface area contributed by atoms with Gasteiger partial charge < -0.3 is 9.84 Å². The van der Waals surface area contributed by atoms with Gasteiger partial charge in [-0.15, -0.1) is 11.3 Å². The van der Waals surface area contributed by atoms with Gasteiger partial charge in [0.05, 0.1) is 6.61 Å². The fourth-order valence-electron chi connectivity index (χ4n) is 1.14. The van der Waals surface area contributed by atoms with Crippen LogP contribution in [-0.4, -0.2) is 26.1 Å². The number of ether oxygens (including phenoxy) is 1. The molecule has 0 radical (unpaired) electrons. The molecule has 3 N–H and O–H groups in total. The van der Waals surface area contributed by atoms with E-state index < -0.39 is 26.0 Å². The second-order valence-corrected chi connectivity index (χ2v) is 5.92. The number of rotatable bonds is 3. The maximum atomic E-state index is 11.4. The topological polar surface area (TPSA) is 107 Å². The highest BCUT2D eigenvalue weighted by atomic mass is 32.2. The number of esters is 1. The van der Waals surface area contributed by atoms with Gasteiger partial charge in [0.1, 0.15) is 5.56 Å². The van der Waals surface area contributed by atoms with E-state index in [1.165, 1.54) is 6.92 Å². The number of aromatic hydroxyl groups is 1. The van der Waals surface area contributed by atoms with Gasteiger partial charge in [-0.2, -0.15) is 0 Å². The molecule has 1 heterocycles. The van der Waals surface area contributed by atoms with Crippen molar-refractivity contribution < 1.29 is 23.1 Å². The van der Waals surface area contributed by atoms with Crippen molar-refractivity contribution in [3.63, 3.8) is 0 Å². The zero-order valence-electron chi connectivity index (χ0n) is 8.68. The van der Waals surface area contributed by atoms with Crippen LogP contribution in [0.25, 0.3) is 0 Å². The van der Waals surface area contributed by atoms with Crippen molar-refractivity contribution in [1.82, 2.24) is 0 Å². The molecular weight excluding hydrogens is 254 g/mol. The standard InChI is InChI=1S/C8H11NO5S2/c1-3-14-7(11)5-4(2)15-8(6(5)10)16(9,12)13/h10H,3H2,1-2H3,(H2,9,12,13). The smallest absolute Gasteiger partial charge is 0.343 e. The van der Waals surface area contributed by atoms with Crippen LogP contribution in [0.3, 0.4) is 0 Å². The molecule has 6 nitrogen and oxygen atoms in total. The Labute approximate surface area is 96.7 Å². The van der Waals surface area contributed by atoms with E-state index in [0.717, 1.165) is 11.3 Å². The summed E-state index contributed by atoms with van der Waals surface area (Å²) < 4.78 is 26.4. The van der Waals surface area contributed by atoms with Gasteiger partial charge in [-0.1, -0.05) is 0 Å². The Morgan fingerprint density at radius 3 is 2.50 bits per heavy atom. The number of hydrogen-bond acceptors (Lipinski definition) is 6. The van der Waals surface area contributed by atoms with Crippen molar-refractivity contribution >= 4 is 27.3 Å². The van der Waals surface area contributed by atoms with E-state index in [1.807, 2.05) is 0 Å². The van der Waals surface area contributed by atoms with Crippen LogP contribution in [-0.2, 0) is 14.8 Å². The van der Waals surface area contributed by atoms with Crippen LogP contribution in [0.1, 0.15) is 22.2 Å². The summed E-state index contributed by atoms with van der Waals surface area (Å²) in [6.45, 7) is 3.25. The Bertz CT molecular complexity index is 517. The molecule has 0 aliphatic rings. The minimum atomic E-state index is -4.02. The number of carbonyl (C=O) groups is 1. The molecular formula is C8H11NO5S2. The third kappa shape index (κ3) is 2.34. The van der Waals surface area contributed by atoms with E-state index in [4.69, 9.17) is 5.14 Å². The van der Waals surface area contributed by atoms with Crippen molar-refractivity contribution in [3.8, 4) is 5.75 Å². The highest BCUT2D eigenvalue weighted by Gasteiger charge is 2.27. The summed E-state index contributed by atoms with van der Waals surface area (Å²) in [7, 11) is -4.02. The number of carbonyl (C=O) groups excluding carboxylic acids is 1. The second-order valence-electron chi connectivity index (χ2n) is 2.93. The van der Waals surface area contributed by atoms with Gasteiger partial charge in [-0.25, -0.2) is 18.4 Å². The molecule has 0 aliphatic heterocycles. The van der Waals surface area contributed by atoms with Crippen molar-refractivity contribution in [2.45, 2.75) is 18.1 Å². The first-order valence-corrected chi connectivity index (χ1v) is 6.67. The maximum Gasteiger partial charge on any atom is 0.343 e. The summed E-state index contributed by atoms with van der Waals surface area (Å²) in [6.07, 6.45) is 0. The first-order chi connectivity index (χ1) is 7.29. The summed E-state index contributed by atoms with van der Waals surface area (Å²) in [5.74, 6) is -1.40. The largest absolute Gasteiger partial charge is 0.505 e. The molecule has 0 atom stereocenters. The molecule has 0 amide bonds. The average Bonchev–Trinajstić information content (AvgIpc) is 2.41. The van der Waals surface area contributed by atoms with Gasteiger partial charge in [-0.05, 0) is 13.8 Å². The summed E-state index contributed by atoms with van der Waals surface area (Å²) in [6, 6.07) is 0. The molecule has 0 bridgehead atoms. The van der Waals surface area contributed by atoms with Crippen LogP contribution in [0.2, 0.25) is 0 Å². The first kappa shape index (κ1) is 12.9. The molecule has 0 unspecified atom stereocenters. The SMILES string of the molecule is CCOC(=O)c1c(C)sc(S(N)(=O)=O)c1O. The molecule has 0 fully saturated rings. The quantitative estimate of drug-likeness (QED) is 0.778. The van der Waals surface area contributed by atoms with Crippen LogP contribution in [0.4, 0.5) is 0 Å². The summed E-state index contributed by atoms with van der Waals surface area (Å²) in [5, 5.41) is 14.5. The summed E-state index contributed by atoms with van der Waals surface area (Å²) in [5.41, 5.74) is -0.143. The van der Waals surface area contributed by atoms with Gasteiger partial charge in [-0.3, -0.25) is 0 Å². The number of thiophene rings is 1. The van der Waals surface area contributed by atoms with Crippen LogP contribution >= 0.6 is 11.3 Å². The van der Waals surface area contributed by atoms with Crippen LogP contribution in [0, 0.1) is 6.92 Å². The van der Waals surface area contributed by atoms with Gasteiger partial charge in [0.2, 0.25) is 0 Å². The third-order valence-corrected chi connectivity index (χ3v) is 4.31. The van der Waals surface area contributed by atoms with Crippen molar-refractivity contribution in [1.29, 1.82) is 0 Å². The average molecular weight is 265 g/mol. The molecule has 0 aliphatic carbocycles. The van der Waals surface area contributed by atoms with E-state index in [9.17, 15) is 18.3 Å². The van der Waals surface area contributed by atoms with Crippen LogP contribution in [0.15, 0.2) is 4.21 Å². The molecule has 8 heteroatoms. The van der Waals surface area contributed by atoms with Crippen LogP contribution < -0.4 is 5.14 Å². The fourth-order valence-corrected chi connectivity index (χ4v) is 3.11. The minimum absolute atomic E-state index is 0.137. The highest BCUT2D eigenvalue weighted by molar-refractivity contribution is 7.91. The fraction of sp³-hybridized carbons (Fsp3) is 0.375. The zero-order valence-corrected chi connectivity index (χ0v) is 10.3. The molecule has 1 aromatic heterocycles. The monoisotopic (exact) mass is 265 g/mol. The first-order valence-electron chi connectivity index (χ1n) is 4.31. The van der Waals surface area contributed by atoms with Gasteiger partial charge in [0, 0.05) is 4.88 Å². The van der Waals surface area contributed by atoms with Crippen molar-refractivity contribution in [2.24, 2.45) is 5.14 Å². The number of hydrogen-bond donors (Lipinski definition) is 2. The lowest BCUT2D eigenvalue weighted by Gasteiger charge is -2.01. The lowest BCUT2D eigenvalue weighted by atomic mass is 10.2. The lowest BCUT2D eigenvalue weighted by Crippen LogP contribution is -2.11. The Kier molecular flexibility index (Phi) is 3.56. The molecule has 1 rings (SSSR count). The van der Waals surface area contributed by atoms with Crippen molar-refractivity contribution in [3.05, 3.63) is 10.4 Å². The predicted octanol–water partition coefficient (Wildman–Crippen LogP) is 0.586. The zero-order chi connectivity index (χ0) is 12.5. The molecule has 0 aromatic carbocycles. The van der Waals surface area contributed by atoms with Crippen LogP contribution in [0.5, 0.6) is 5.75 Å². The molecule has 0 saturated carbocycles. The molecule has 1 aromatic rings. The minimum Gasteiger partial charge on any atom is -0.505 e. The number of primary sulfonamides is 1. The molecule has 90 valence electrons. The summed E-state index contributed by atoms with van der Waals surface area (Å²) in [4.78, 5) is 11.8. The van der Waals surface area contributed by atoms with E-state index >= 15 is 0 Å². The molecule has 0 spiro atoms. The number of nitrogens with two attached hydrogens (primary N) is 1. The van der Waals surface area contributed by atoms with Crippen molar-refractivity contribution in [2.75, 3.05) is 6.61 Å². The molecule has 16 heavy (non-hydrogen) atoms. The van der Waals surface area contributed by atoms with E-state index in [0.29, 0.717) is 4.88 Å². The van der Waals surface area contributed by atoms with E-state index in [2.05, 4.69) is 4.74 Å². The Morgan fingerprint density at radius 2 is 2.12 bits per heavy atom.